The largest absolute Gasteiger partial charge is 0.381 e. The zero-order chi connectivity index (χ0) is 16.3. The summed E-state index contributed by atoms with van der Waals surface area (Å²) in [6.07, 6.45) is 10.6. The van der Waals surface area contributed by atoms with E-state index in [2.05, 4.69) is 15.7 Å². The van der Waals surface area contributed by atoms with Crippen molar-refractivity contribution in [2.45, 2.75) is 50.6 Å². The number of rotatable bonds is 4. The molecule has 2 N–H and O–H groups in total. The number of amides is 1. The smallest absolute Gasteiger partial charge is 0.242 e. The van der Waals surface area contributed by atoms with Crippen LogP contribution < -0.4 is 10.6 Å². The maximum Gasteiger partial charge on any atom is 0.242 e. The van der Waals surface area contributed by atoms with Gasteiger partial charge in [-0.1, -0.05) is 0 Å². The summed E-state index contributed by atoms with van der Waals surface area (Å²) in [6, 6.07) is -0.0360. The molecule has 6 heteroatoms. The van der Waals surface area contributed by atoms with Gasteiger partial charge in [-0.3, -0.25) is 9.48 Å². The second-order valence-electron chi connectivity index (χ2n) is 7.06. The van der Waals surface area contributed by atoms with Gasteiger partial charge in [-0.05, 0) is 51.0 Å². The Morgan fingerprint density at radius 2 is 2.04 bits per heavy atom. The fraction of sp³-hybridized carbons (Fsp3) is 0.765. The lowest BCUT2D eigenvalue weighted by Crippen LogP contribution is -2.45. The number of aryl methyl sites for hydroxylation is 1. The Bertz CT molecular complexity index is 526. The highest BCUT2D eigenvalue weighted by molar-refractivity contribution is 5.83. The molecule has 2 fully saturated rings. The Hall–Kier alpha value is -1.40. The predicted molar refractivity (Wildman–Crippen MR) is 87.9 cm³/mol. The van der Waals surface area contributed by atoms with Gasteiger partial charge in [0.25, 0.3) is 0 Å². The maximum atomic E-state index is 12.6. The van der Waals surface area contributed by atoms with E-state index in [9.17, 15) is 4.79 Å². The van der Waals surface area contributed by atoms with Crippen molar-refractivity contribution in [2.75, 3.05) is 20.3 Å². The van der Waals surface area contributed by atoms with Crippen LogP contribution >= 0.6 is 0 Å². The molecule has 23 heavy (non-hydrogen) atoms. The SMILES string of the molecule is CNC(C(=O)NC1CCC2(CCOCC2)CC1)c1cnn(C)c1. The third kappa shape index (κ3) is 3.75. The molecule has 0 aromatic carbocycles. The molecule has 1 aliphatic carbocycles. The van der Waals surface area contributed by atoms with Gasteiger partial charge in [0.15, 0.2) is 0 Å². The summed E-state index contributed by atoms with van der Waals surface area (Å²) in [4.78, 5) is 12.6. The van der Waals surface area contributed by atoms with Gasteiger partial charge in [-0.2, -0.15) is 5.10 Å². The lowest BCUT2D eigenvalue weighted by Gasteiger charge is -2.43. The van der Waals surface area contributed by atoms with Crippen molar-refractivity contribution in [2.24, 2.45) is 12.5 Å². The van der Waals surface area contributed by atoms with Crippen molar-refractivity contribution in [3.05, 3.63) is 18.0 Å². The number of nitrogens with zero attached hydrogens (tertiary/aromatic N) is 2. The average molecular weight is 320 g/mol. The van der Waals surface area contributed by atoms with E-state index in [1.165, 1.54) is 25.7 Å². The molecule has 1 saturated carbocycles. The van der Waals surface area contributed by atoms with Crippen LogP contribution in [0.3, 0.4) is 0 Å². The van der Waals surface area contributed by atoms with E-state index in [0.717, 1.165) is 31.6 Å². The molecule has 0 bridgehead atoms. The molecule has 3 rings (SSSR count). The van der Waals surface area contributed by atoms with Gasteiger partial charge in [0.1, 0.15) is 6.04 Å². The molecule has 2 heterocycles. The number of aromatic nitrogens is 2. The first-order valence-corrected chi connectivity index (χ1v) is 8.66. The number of carbonyl (C=O) groups excluding carboxylic acids is 1. The molecule has 1 amide bonds. The molecule has 1 aromatic heterocycles. The van der Waals surface area contributed by atoms with Gasteiger partial charge in [0.2, 0.25) is 5.91 Å². The third-order valence-electron chi connectivity index (χ3n) is 5.56. The molecule has 0 radical (unpaired) electrons. The van der Waals surface area contributed by atoms with Crippen LogP contribution in [-0.4, -0.2) is 42.0 Å². The Balaban J connectivity index is 1.54. The quantitative estimate of drug-likeness (QED) is 0.883. The van der Waals surface area contributed by atoms with Crippen molar-refractivity contribution in [1.82, 2.24) is 20.4 Å². The van der Waals surface area contributed by atoms with Gasteiger partial charge in [0, 0.05) is 38.1 Å². The van der Waals surface area contributed by atoms with Crippen LogP contribution in [0.4, 0.5) is 0 Å². The summed E-state index contributed by atoms with van der Waals surface area (Å²) >= 11 is 0. The second kappa shape index (κ2) is 7.01. The minimum absolute atomic E-state index is 0.0495. The standard InChI is InChI=1S/C17H28N4O2/c1-18-15(13-11-19-21(2)12-13)16(22)20-14-3-5-17(6-4-14)7-9-23-10-8-17/h11-12,14-15,18H,3-10H2,1-2H3,(H,20,22). The van der Waals surface area contributed by atoms with Crippen molar-refractivity contribution in [3.63, 3.8) is 0 Å². The third-order valence-corrected chi connectivity index (χ3v) is 5.56. The van der Waals surface area contributed by atoms with E-state index < -0.39 is 0 Å². The van der Waals surface area contributed by atoms with Crippen LogP contribution in [-0.2, 0) is 16.6 Å². The topological polar surface area (TPSA) is 68.2 Å². The van der Waals surface area contributed by atoms with Crippen LogP contribution in [0, 0.1) is 5.41 Å². The molecular formula is C17H28N4O2. The maximum absolute atomic E-state index is 12.6. The molecule has 128 valence electrons. The molecule has 2 aliphatic rings. The first-order chi connectivity index (χ1) is 11.1. The normalized spacial score (nSPS) is 22.9. The van der Waals surface area contributed by atoms with Gasteiger partial charge < -0.3 is 15.4 Å². The first-order valence-electron chi connectivity index (χ1n) is 8.66. The molecule has 1 aromatic rings. The van der Waals surface area contributed by atoms with E-state index >= 15 is 0 Å². The summed E-state index contributed by atoms with van der Waals surface area (Å²) in [5, 5.41) is 10.5. The monoisotopic (exact) mass is 320 g/mol. The lowest BCUT2D eigenvalue weighted by molar-refractivity contribution is -0.124. The summed E-state index contributed by atoms with van der Waals surface area (Å²) in [5.41, 5.74) is 1.38. The van der Waals surface area contributed by atoms with Gasteiger partial charge in [-0.15, -0.1) is 0 Å². The highest BCUT2D eigenvalue weighted by Gasteiger charge is 2.37. The number of ether oxygens (including phenoxy) is 1. The Morgan fingerprint density at radius 3 is 2.61 bits per heavy atom. The summed E-state index contributed by atoms with van der Waals surface area (Å²) in [5.74, 6) is 0.0495. The fourth-order valence-corrected chi connectivity index (χ4v) is 4.00. The second-order valence-corrected chi connectivity index (χ2v) is 7.06. The van der Waals surface area contributed by atoms with E-state index in [1.807, 2.05) is 20.3 Å². The van der Waals surface area contributed by atoms with Gasteiger partial charge in [0.05, 0.1) is 6.20 Å². The fourth-order valence-electron chi connectivity index (χ4n) is 4.00. The zero-order valence-corrected chi connectivity index (χ0v) is 14.2. The Labute approximate surface area is 138 Å². The van der Waals surface area contributed by atoms with E-state index in [1.54, 1.807) is 10.9 Å². The van der Waals surface area contributed by atoms with Crippen LogP contribution in [0.2, 0.25) is 0 Å². The molecular weight excluding hydrogens is 292 g/mol. The summed E-state index contributed by atoms with van der Waals surface area (Å²) in [7, 11) is 3.68. The zero-order valence-electron chi connectivity index (χ0n) is 14.2. The van der Waals surface area contributed by atoms with E-state index in [4.69, 9.17) is 4.74 Å². The van der Waals surface area contributed by atoms with Crippen LogP contribution in [0.25, 0.3) is 0 Å². The first kappa shape index (κ1) is 16.5. The van der Waals surface area contributed by atoms with E-state index in [0.29, 0.717) is 11.5 Å². The molecule has 1 unspecified atom stereocenters. The molecule has 6 nitrogen and oxygen atoms in total. The van der Waals surface area contributed by atoms with Crippen LogP contribution in [0.5, 0.6) is 0 Å². The van der Waals surface area contributed by atoms with Crippen molar-refractivity contribution in [1.29, 1.82) is 0 Å². The molecule has 1 aliphatic heterocycles. The van der Waals surface area contributed by atoms with Crippen molar-refractivity contribution >= 4 is 5.91 Å². The Morgan fingerprint density at radius 1 is 1.35 bits per heavy atom. The number of nitrogens with one attached hydrogen (secondary N) is 2. The minimum Gasteiger partial charge on any atom is -0.381 e. The average Bonchev–Trinajstić information content (AvgIpc) is 2.98. The molecule has 1 spiro atoms. The van der Waals surface area contributed by atoms with Crippen LogP contribution in [0.15, 0.2) is 12.4 Å². The number of carbonyl (C=O) groups is 1. The number of hydrogen-bond donors (Lipinski definition) is 2. The lowest BCUT2D eigenvalue weighted by atomic mass is 9.68. The molecule has 1 saturated heterocycles. The van der Waals surface area contributed by atoms with Crippen molar-refractivity contribution in [3.8, 4) is 0 Å². The van der Waals surface area contributed by atoms with Gasteiger partial charge in [-0.25, -0.2) is 0 Å². The highest BCUT2D eigenvalue weighted by Crippen LogP contribution is 2.44. The number of hydrogen-bond acceptors (Lipinski definition) is 4. The van der Waals surface area contributed by atoms with Crippen molar-refractivity contribution < 1.29 is 9.53 Å². The minimum atomic E-state index is -0.331. The Kier molecular flexibility index (Phi) is 5.02. The summed E-state index contributed by atoms with van der Waals surface area (Å²) in [6.45, 7) is 1.81. The van der Waals surface area contributed by atoms with E-state index in [-0.39, 0.29) is 11.9 Å². The highest BCUT2D eigenvalue weighted by atomic mass is 16.5. The molecule has 1 atom stereocenters. The summed E-state index contributed by atoms with van der Waals surface area (Å²) < 4.78 is 7.22. The number of likely N-dealkylation sites (N-methyl/N-ethyl adjacent to an activating group) is 1. The predicted octanol–water partition coefficient (Wildman–Crippen LogP) is 1.54. The van der Waals surface area contributed by atoms with Crippen LogP contribution in [0.1, 0.15) is 50.1 Å². The van der Waals surface area contributed by atoms with Gasteiger partial charge >= 0.3 is 0 Å².